The molecule has 11 heteroatoms. The SMILES string of the molecule is CC(C)(C)N(CCO[Si](C)(C)C(C)(C)C)C(=O)C1=C(CC(N=O)C(O)Cc2ccccc2C(=O)N(CCO[Si](C)(C)C(C)(C)C)C(C)(C)C)CCC=C1. The fourth-order valence-corrected chi connectivity index (χ4v) is 7.97. The van der Waals surface area contributed by atoms with E-state index in [2.05, 4.69) is 72.9 Å². The number of hydrogen-bond acceptors (Lipinski definition) is 7. The summed E-state index contributed by atoms with van der Waals surface area (Å²) in [5.41, 5.74) is 1.55. The molecule has 0 saturated carbocycles. The van der Waals surface area contributed by atoms with Gasteiger partial charge in [0.05, 0.1) is 19.3 Å². The van der Waals surface area contributed by atoms with E-state index in [1.54, 1.807) is 6.07 Å². The van der Waals surface area contributed by atoms with Gasteiger partial charge in [-0.3, -0.25) is 9.59 Å². The van der Waals surface area contributed by atoms with E-state index in [4.69, 9.17) is 8.85 Å². The van der Waals surface area contributed by atoms with Crippen molar-refractivity contribution in [2.45, 2.75) is 168 Å². The van der Waals surface area contributed by atoms with Gasteiger partial charge in [0.1, 0.15) is 6.04 Å². The molecule has 0 aliphatic heterocycles. The Kier molecular flexibility index (Phi) is 15.9. The van der Waals surface area contributed by atoms with Crippen molar-refractivity contribution in [1.29, 1.82) is 0 Å². The van der Waals surface area contributed by atoms with Crippen molar-refractivity contribution in [2.75, 3.05) is 26.3 Å². The lowest BCUT2D eigenvalue weighted by Gasteiger charge is -2.40. The topological polar surface area (TPSA) is 109 Å². The summed E-state index contributed by atoms with van der Waals surface area (Å²) in [4.78, 5) is 44.5. The van der Waals surface area contributed by atoms with Crippen molar-refractivity contribution in [2.24, 2.45) is 5.18 Å². The lowest BCUT2D eigenvalue weighted by atomic mass is 9.87. The monoisotopic (exact) mass is 772 g/mol. The maximum absolute atomic E-state index is 14.2. The van der Waals surface area contributed by atoms with Crippen LogP contribution in [0.3, 0.4) is 0 Å². The predicted octanol–water partition coefficient (Wildman–Crippen LogP) is 9.67. The van der Waals surface area contributed by atoms with Crippen molar-refractivity contribution in [3.05, 3.63) is 63.6 Å². The van der Waals surface area contributed by atoms with Gasteiger partial charge in [0.25, 0.3) is 11.8 Å². The summed E-state index contributed by atoms with van der Waals surface area (Å²) in [5, 5.41) is 15.0. The highest BCUT2D eigenvalue weighted by Crippen LogP contribution is 2.38. The molecule has 0 saturated heterocycles. The number of carbonyl (C=O) groups is 2. The highest BCUT2D eigenvalue weighted by Gasteiger charge is 2.39. The largest absolute Gasteiger partial charge is 0.415 e. The number of benzene rings is 1. The van der Waals surface area contributed by atoms with Gasteiger partial charge in [-0.2, -0.15) is 4.91 Å². The first-order chi connectivity index (χ1) is 24.0. The molecule has 2 unspecified atom stereocenters. The van der Waals surface area contributed by atoms with Crippen LogP contribution in [0.15, 0.2) is 52.7 Å². The maximum atomic E-state index is 14.2. The summed E-state index contributed by atoms with van der Waals surface area (Å²) in [5.74, 6) is -0.264. The van der Waals surface area contributed by atoms with Crippen LogP contribution in [0.4, 0.5) is 0 Å². The van der Waals surface area contributed by atoms with Crippen LogP contribution in [0.5, 0.6) is 0 Å². The third-order valence-corrected chi connectivity index (χ3v) is 20.6. The van der Waals surface area contributed by atoms with Crippen LogP contribution in [0.25, 0.3) is 0 Å². The molecule has 9 nitrogen and oxygen atoms in total. The van der Waals surface area contributed by atoms with Gasteiger partial charge in [0, 0.05) is 41.7 Å². The van der Waals surface area contributed by atoms with Crippen LogP contribution in [-0.2, 0) is 20.1 Å². The molecule has 1 N–H and O–H groups in total. The minimum absolute atomic E-state index is 0.0546. The van der Waals surface area contributed by atoms with Gasteiger partial charge in [0.15, 0.2) is 16.6 Å². The van der Waals surface area contributed by atoms with Gasteiger partial charge in [-0.1, -0.05) is 82.6 Å². The van der Waals surface area contributed by atoms with Crippen LogP contribution >= 0.6 is 0 Å². The average Bonchev–Trinajstić information content (AvgIpc) is 3.01. The summed E-state index contributed by atoms with van der Waals surface area (Å²) in [6.45, 7) is 35.8. The highest BCUT2D eigenvalue weighted by molar-refractivity contribution is 6.74. The Bertz CT molecular complexity index is 1470. The molecule has 0 aromatic heterocycles. The Morgan fingerprint density at radius 3 is 1.70 bits per heavy atom. The first kappa shape index (κ1) is 46.7. The van der Waals surface area contributed by atoms with Crippen molar-refractivity contribution in [1.82, 2.24) is 9.80 Å². The minimum Gasteiger partial charge on any atom is -0.415 e. The van der Waals surface area contributed by atoms with Crippen molar-refractivity contribution in [3.63, 3.8) is 0 Å². The summed E-state index contributed by atoms with van der Waals surface area (Å²) >= 11 is 0. The van der Waals surface area contributed by atoms with E-state index in [1.807, 2.05) is 81.7 Å². The van der Waals surface area contributed by atoms with E-state index in [-0.39, 0.29) is 34.7 Å². The van der Waals surface area contributed by atoms with E-state index in [1.165, 1.54) is 0 Å². The average molecular weight is 772 g/mol. The van der Waals surface area contributed by atoms with E-state index >= 15 is 0 Å². The molecule has 1 aliphatic rings. The number of nitroso groups, excluding NO2 is 1. The minimum atomic E-state index is -2.01. The molecule has 0 spiro atoms. The van der Waals surface area contributed by atoms with Crippen LogP contribution in [0.2, 0.25) is 36.3 Å². The smallest absolute Gasteiger partial charge is 0.254 e. The maximum Gasteiger partial charge on any atom is 0.254 e. The number of aliphatic hydroxyl groups excluding tert-OH is 1. The summed E-state index contributed by atoms with van der Waals surface area (Å²) in [6.07, 6.45) is 4.25. The second-order valence-electron chi connectivity index (χ2n) is 19.7. The van der Waals surface area contributed by atoms with Crippen LogP contribution in [-0.4, -0.2) is 92.9 Å². The third kappa shape index (κ3) is 12.8. The zero-order valence-electron chi connectivity index (χ0n) is 36.1. The number of amides is 2. The van der Waals surface area contributed by atoms with Crippen LogP contribution in [0.1, 0.15) is 118 Å². The lowest BCUT2D eigenvalue weighted by molar-refractivity contribution is -0.132. The fourth-order valence-electron chi connectivity index (χ4n) is 5.90. The van der Waals surface area contributed by atoms with Gasteiger partial charge in [-0.05, 0) is 109 Å². The second-order valence-corrected chi connectivity index (χ2v) is 29.4. The summed E-state index contributed by atoms with van der Waals surface area (Å²) in [6, 6.07) is 6.27. The normalized spacial score (nSPS) is 16.0. The number of rotatable bonds is 16. The Balaban J connectivity index is 2.33. The Morgan fingerprint density at radius 2 is 1.25 bits per heavy atom. The molecule has 1 aromatic rings. The van der Waals surface area contributed by atoms with Crippen LogP contribution in [0, 0.1) is 4.91 Å². The summed E-state index contributed by atoms with van der Waals surface area (Å²) < 4.78 is 12.9. The van der Waals surface area contributed by atoms with Gasteiger partial charge in [-0.25, -0.2) is 0 Å². The molecule has 2 amide bonds. The Hall–Kier alpha value is -2.45. The van der Waals surface area contributed by atoms with Gasteiger partial charge >= 0.3 is 0 Å². The first-order valence-electron chi connectivity index (χ1n) is 19.4. The zero-order valence-corrected chi connectivity index (χ0v) is 38.1. The van der Waals surface area contributed by atoms with E-state index < -0.39 is 39.9 Å². The van der Waals surface area contributed by atoms with Gasteiger partial charge in [0.2, 0.25) is 0 Å². The molecule has 0 heterocycles. The molecular formula is C42H73N3O6Si2. The molecule has 300 valence electrons. The van der Waals surface area contributed by atoms with E-state index in [0.29, 0.717) is 49.4 Å². The molecule has 1 aromatic carbocycles. The Morgan fingerprint density at radius 1 is 0.774 bits per heavy atom. The van der Waals surface area contributed by atoms with E-state index in [9.17, 15) is 19.6 Å². The molecular weight excluding hydrogens is 699 g/mol. The zero-order chi connectivity index (χ0) is 40.8. The van der Waals surface area contributed by atoms with Crippen molar-refractivity contribution < 1.29 is 23.5 Å². The molecule has 53 heavy (non-hydrogen) atoms. The Labute approximate surface area is 324 Å². The van der Waals surface area contributed by atoms with Crippen molar-refractivity contribution in [3.8, 4) is 0 Å². The number of nitrogens with zero attached hydrogens (tertiary/aromatic N) is 3. The quantitative estimate of drug-likeness (QED) is 0.133. The predicted molar refractivity (Wildman–Crippen MR) is 224 cm³/mol. The van der Waals surface area contributed by atoms with Gasteiger partial charge < -0.3 is 23.8 Å². The standard InChI is InChI=1S/C42H73N3O6Si2/c1-39(2,3)44(25-27-50-52(13,14)41(7,8)9)37(47)33-23-19-17-21-31(33)29-35(43-49)36(46)30-32-22-18-20-24-34(32)38(48)45(40(4,5)6)26-28-51-53(15,16)42(10,11)12/h18-20,22-24,35-36,46H,17,21,25-30H2,1-16H3. The summed E-state index contributed by atoms with van der Waals surface area (Å²) in [7, 11) is -4.01. The molecule has 0 radical (unpaired) electrons. The van der Waals surface area contributed by atoms with Crippen LogP contribution < -0.4 is 0 Å². The molecule has 0 fully saturated rings. The number of hydrogen-bond donors (Lipinski definition) is 1. The van der Waals surface area contributed by atoms with E-state index in [0.717, 1.165) is 12.0 Å². The molecule has 2 atom stereocenters. The molecule has 2 rings (SSSR count). The number of carbonyl (C=O) groups excluding carboxylic acids is 2. The fraction of sp³-hybridized carbons (Fsp3) is 0.714. The lowest BCUT2D eigenvalue weighted by Crippen LogP contribution is -2.50. The van der Waals surface area contributed by atoms with Gasteiger partial charge in [-0.15, -0.1) is 0 Å². The molecule has 0 bridgehead atoms. The third-order valence-electron chi connectivity index (χ3n) is 11.5. The highest BCUT2D eigenvalue weighted by atomic mass is 28.4. The molecule has 1 aliphatic carbocycles. The number of allylic oxidation sites excluding steroid dienone is 1. The first-order valence-corrected chi connectivity index (χ1v) is 25.3. The number of aliphatic hydroxyl groups is 1. The van der Waals surface area contributed by atoms with Crippen molar-refractivity contribution >= 4 is 28.4 Å². The second kappa shape index (κ2) is 18.0.